The van der Waals surface area contributed by atoms with E-state index >= 15 is 0 Å². The molecule has 0 aliphatic carbocycles. The first-order chi connectivity index (χ1) is 13.5. The number of aliphatic hydroxyl groups excluding tert-OH is 1. The SMILES string of the molecule is C[C@@H](O)[C@H]1C(=O)N2C(C(=O)[O-])C(Sc3ccccc3C[n+]3ccccc3)S[C@H]12. The van der Waals surface area contributed by atoms with E-state index in [1.54, 1.807) is 6.92 Å². The number of rotatable bonds is 6. The second-order valence-corrected chi connectivity index (χ2v) is 9.69. The van der Waals surface area contributed by atoms with Gasteiger partial charge in [-0.05, 0) is 13.0 Å². The average molecular weight is 417 g/mol. The highest BCUT2D eigenvalue weighted by Gasteiger charge is 2.60. The van der Waals surface area contributed by atoms with Crippen molar-refractivity contribution in [3.8, 4) is 0 Å². The van der Waals surface area contributed by atoms with Gasteiger partial charge in [0.25, 0.3) is 0 Å². The largest absolute Gasteiger partial charge is 0.548 e. The summed E-state index contributed by atoms with van der Waals surface area (Å²) in [6.45, 7) is 2.24. The number of carboxylic acid groups (broad SMARTS) is 1. The van der Waals surface area contributed by atoms with Crippen molar-refractivity contribution in [2.75, 3.05) is 0 Å². The van der Waals surface area contributed by atoms with Gasteiger partial charge in [0.15, 0.2) is 18.9 Å². The number of β-lactam (4-membered cyclic amide) rings is 1. The number of benzene rings is 1. The molecule has 0 radical (unpaired) electrons. The normalized spacial score (nSPS) is 27.2. The van der Waals surface area contributed by atoms with Gasteiger partial charge in [0.1, 0.15) is 0 Å². The molecule has 2 aliphatic heterocycles. The van der Waals surface area contributed by atoms with Crippen LogP contribution in [0.15, 0.2) is 59.8 Å². The fourth-order valence-corrected chi connectivity index (χ4v) is 7.15. The lowest BCUT2D eigenvalue weighted by atomic mass is 9.91. The van der Waals surface area contributed by atoms with E-state index in [4.69, 9.17) is 0 Å². The number of fused-ring (bicyclic) bond motifs is 1. The van der Waals surface area contributed by atoms with Gasteiger partial charge in [-0.2, -0.15) is 0 Å². The molecule has 3 heterocycles. The summed E-state index contributed by atoms with van der Waals surface area (Å²) < 4.78 is 1.67. The van der Waals surface area contributed by atoms with Gasteiger partial charge >= 0.3 is 0 Å². The first-order valence-corrected chi connectivity index (χ1v) is 10.8. The zero-order chi connectivity index (χ0) is 19.8. The number of carboxylic acids is 1. The number of hydrogen-bond donors (Lipinski definition) is 1. The number of pyridine rings is 1. The monoisotopic (exact) mass is 416 g/mol. The van der Waals surface area contributed by atoms with Crippen molar-refractivity contribution in [2.45, 2.75) is 40.5 Å². The molecule has 0 saturated carbocycles. The van der Waals surface area contributed by atoms with Crippen LogP contribution >= 0.6 is 23.5 Å². The number of carbonyl (C=O) groups is 2. The van der Waals surface area contributed by atoms with Crippen molar-refractivity contribution in [1.29, 1.82) is 0 Å². The summed E-state index contributed by atoms with van der Waals surface area (Å²) >= 11 is 2.88. The van der Waals surface area contributed by atoms with Gasteiger partial charge in [0.2, 0.25) is 5.91 Å². The van der Waals surface area contributed by atoms with Crippen LogP contribution in [0.4, 0.5) is 0 Å². The Labute approximate surface area is 171 Å². The topological polar surface area (TPSA) is 84.5 Å². The third-order valence-corrected chi connectivity index (χ3v) is 8.15. The highest BCUT2D eigenvalue weighted by molar-refractivity contribution is 8.17. The average Bonchev–Trinajstić information content (AvgIpc) is 2.98. The molecule has 146 valence electrons. The molecular weight excluding hydrogens is 396 g/mol. The molecule has 4 rings (SSSR count). The lowest BCUT2D eigenvalue weighted by molar-refractivity contribution is -0.688. The van der Waals surface area contributed by atoms with Crippen molar-refractivity contribution in [3.05, 3.63) is 60.4 Å². The fraction of sp³-hybridized carbons (Fsp3) is 0.350. The first kappa shape index (κ1) is 19.3. The second kappa shape index (κ2) is 7.77. The van der Waals surface area contributed by atoms with Gasteiger partial charge in [-0.3, -0.25) is 4.79 Å². The van der Waals surface area contributed by atoms with Gasteiger partial charge < -0.3 is 19.9 Å². The van der Waals surface area contributed by atoms with Crippen molar-refractivity contribution in [1.82, 2.24) is 4.90 Å². The summed E-state index contributed by atoms with van der Waals surface area (Å²) in [6, 6.07) is 12.8. The minimum atomic E-state index is -1.25. The molecule has 0 spiro atoms. The van der Waals surface area contributed by atoms with E-state index in [-0.39, 0.29) is 15.9 Å². The second-order valence-electron chi connectivity index (χ2n) is 6.94. The molecule has 8 heteroatoms. The number of aliphatic carboxylic acids is 1. The summed E-state index contributed by atoms with van der Waals surface area (Å²) in [5, 5.41) is 21.3. The number of amides is 1. The summed E-state index contributed by atoms with van der Waals surface area (Å²) in [5.74, 6) is -2.11. The Morgan fingerprint density at radius 3 is 2.68 bits per heavy atom. The van der Waals surface area contributed by atoms with Gasteiger partial charge in [-0.15, -0.1) is 23.5 Å². The maximum absolute atomic E-state index is 12.4. The Hall–Kier alpha value is -2.03. The molecule has 1 amide bonds. The lowest BCUT2D eigenvalue weighted by Crippen LogP contribution is -2.65. The third-order valence-electron chi connectivity index (χ3n) is 5.06. The number of nitrogens with zero attached hydrogens (tertiary/aromatic N) is 2. The smallest absolute Gasteiger partial charge is 0.232 e. The molecule has 5 atom stereocenters. The third kappa shape index (κ3) is 3.40. The first-order valence-electron chi connectivity index (χ1n) is 9.02. The molecule has 1 aromatic heterocycles. The molecule has 2 aliphatic rings. The van der Waals surface area contributed by atoms with Crippen LogP contribution in [0.2, 0.25) is 0 Å². The van der Waals surface area contributed by atoms with E-state index in [9.17, 15) is 19.8 Å². The molecule has 2 fully saturated rings. The van der Waals surface area contributed by atoms with Crippen molar-refractivity contribution in [3.63, 3.8) is 0 Å². The van der Waals surface area contributed by atoms with E-state index in [0.29, 0.717) is 6.54 Å². The summed E-state index contributed by atoms with van der Waals surface area (Å²) in [6.07, 6.45) is 3.16. The molecular formula is C20H20N2O4S2. The quantitative estimate of drug-likeness (QED) is 0.544. The number of thioether (sulfide) groups is 2. The van der Waals surface area contributed by atoms with Crippen molar-refractivity contribution in [2.24, 2.45) is 5.92 Å². The molecule has 1 aromatic carbocycles. The van der Waals surface area contributed by atoms with Crippen LogP contribution in [0.25, 0.3) is 0 Å². The molecule has 2 aromatic rings. The standard InChI is InChI=1S/C20H20N2O4S2/c1-12(23)15-17(24)22-16(19(25)26)20(28-18(15)22)27-14-8-4-3-7-13(14)11-21-9-5-2-6-10-21/h2-10,12,15-16,18,20,23H,11H2,1H3/t12-,15+,16?,18-,20?/m1/s1. The fourth-order valence-electron chi connectivity index (χ4n) is 3.67. The lowest BCUT2D eigenvalue weighted by Gasteiger charge is -2.45. The number of aromatic nitrogens is 1. The predicted molar refractivity (Wildman–Crippen MR) is 104 cm³/mol. The molecule has 2 unspecified atom stereocenters. The van der Waals surface area contributed by atoms with Gasteiger partial charge in [0, 0.05) is 22.6 Å². The Balaban J connectivity index is 1.57. The Kier molecular flexibility index (Phi) is 5.35. The molecule has 1 N–H and O–H groups in total. The van der Waals surface area contributed by atoms with E-state index in [0.717, 1.165) is 10.5 Å². The highest BCUT2D eigenvalue weighted by atomic mass is 32.2. The van der Waals surface area contributed by atoms with E-state index in [2.05, 4.69) is 4.57 Å². The molecule has 6 nitrogen and oxygen atoms in total. The van der Waals surface area contributed by atoms with Crippen LogP contribution in [0.1, 0.15) is 12.5 Å². The van der Waals surface area contributed by atoms with Crippen LogP contribution < -0.4 is 9.67 Å². The van der Waals surface area contributed by atoms with Crippen LogP contribution in [0.3, 0.4) is 0 Å². The van der Waals surface area contributed by atoms with E-state index < -0.39 is 24.0 Å². The van der Waals surface area contributed by atoms with Crippen LogP contribution in [-0.4, -0.2) is 44.0 Å². The predicted octanol–water partition coefficient (Wildman–Crippen LogP) is 0.471. The zero-order valence-electron chi connectivity index (χ0n) is 15.2. The minimum Gasteiger partial charge on any atom is -0.548 e. The summed E-state index contributed by atoms with van der Waals surface area (Å²) in [4.78, 5) is 26.5. The molecule has 28 heavy (non-hydrogen) atoms. The van der Waals surface area contributed by atoms with Crippen molar-refractivity contribution >= 4 is 35.4 Å². The zero-order valence-corrected chi connectivity index (χ0v) is 16.8. The molecule has 0 bridgehead atoms. The Bertz CT molecular complexity index is 893. The van der Waals surface area contributed by atoms with Crippen molar-refractivity contribution < 1.29 is 24.4 Å². The van der Waals surface area contributed by atoms with Crippen LogP contribution in [0, 0.1) is 5.92 Å². The maximum atomic E-state index is 12.4. The van der Waals surface area contributed by atoms with Crippen LogP contribution in [0.5, 0.6) is 0 Å². The number of carbonyl (C=O) groups excluding carboxylic acids is 2. The van der Waals surface area contributed by atoms with Gasteiger partial charge in [-0.1, -0.05) is 24.3 Å². The van der Waals surface area contributed by atoms with E-state index in [1.807, 2.05) is 54.9 Å². The Morgan fingerprint density at radius 2 is 2.00 bits per heavy atom. The van der Waals surface area contributed by atoms with E-state index in [1.165, 1.54) is 28.4 Å². The maximum Gasteiger partial charge on any atom is 0.232 e. The minimum absolute atomic E-state index is 0.307. The molecule has 2 saturated heterocycles. The van der Waals surface area contributed by atoms with Gasteiger partial charge in [-0.25, -0.2) is 4.57 Å². The van der Waals surface area contributed by atoms with Crippen LogP contribution in [-0.2, 0) is 16.1 Å². The Morgan fingerprint density at radius 1 is 1.29 bits per heavy atom. The number of aliphatic hydroxyl groups is 1. The summed E-state index contributed by atoms with van der Waals surface area (Å²) in [5.41, 5.74) is 1.08. The van der Waals surface area contributed by atoms with Gasteiger partial charge in [0.05, 0.1) is 34.0 Å². The number of hydrogen-bond acceptors (Lipinski definition) is 6. The highest BCUT2D eigenvalue weighted by Crippen LogP contribution is 2.53. The summed E-state index contributed by atoms with van der Waals surface area (Å²) in [7, 11) is 0.